The summed E-state index contributed by atoms with van der Waals surface area (Å²) in [6.07, 6.45) is 0.867. The van der Waals surface area contributed by atoms with E-state index >= 15 is 0 Å². The van der Waals surface area contributed by atoms with E-state index in [1.54, 1.807) is 0 Å². The van der Waals surface area contributed by atoms with Crippen LogP contribution in [-0.2, 0) is 0 Å². The van der Waals surface area contributed by atoms with Crippen molar-refractivity contribution in [2.24, 2.45) is 4.99 Å². The van der Waals surface area contributed by atoms with E-state index in [4.69, 9.17) is 4.74 Å². The van der Waals surface area contributed by atoms with Gasteiger partial charge in [0.2, 0.25) is 0 Å². The number of rotatable bonds is 5. The average Bonchev–Trinajstić information content (AvgIpc) is 2.82. The van der Waals surface area contributed by atoms with Crippen LogP contribution in [0, 0.1) is 0 Å². The van der Waals surface area contributed by atoms with Crippen molar-refractivity contribution >= 4 is 5.84 Å². The maximum absolute atomic E-state index is 5.74. The zero-order valence-corrected chi connectivity index (χ0v) is 10.6. The van der Waals surface area contributed by atoms with Gasteiger partial charge in [0.05, 0.1) is 19.0 Å². The van der Waals surface area contributed by atoms with Gasteiger partial charge < -0.3 is 10.1 Å². The first-order valence-electron chi connectivity index (χ1n) is 6.25. The van der Waals surface area contributed by atoms with Gasteiger partial charge in [0, 0.05) is 13.0 Å². The molecule has 92 valence electrons. The zero-order valence-electron chi connectivity index (χ0n) is 10.6. The molecule has 0 unspecified atom stereocenters. The fourth-order valence-corrected chi connectivity index (χ4v) is 1.84. The minimum absolute atomic E-state index is 0.541. The second kappa shape index (κ2) is 5.71. The van der Waals surface area contributed by atoms with Crippen LogP contribution in [0.3, 0.4) is 0 Å². The van der Waals surface area contributed by atoms with Crippen LogP contribution in [-0.4, -0.2) is 25.5 Å². The van der Waals surface area contributed by atoms with Crippen molar-refractivity contribution < 1.29 is 4.74 Å². The molecule has 0 atom stereocenters. The Kier molecular flexibility index (Phi) is 4.02. The largest absolute Gasteiger partial charge is 0.493 e. The summed E-state index contributed by atoms with van der Waals surface area (Å²) in [5.74, 6) is 2.57. The molecule has 3 heteroatoms. The molecular formula is C14H20N2O. The normalized spacial score (nSPS) is 14.6. The minimum atomic E-state index is 0.541. The minimum Gasteiger partial charge on any atom is -0.493 e. The zero-order chi connectivity index (χ0) is 12.1. The van der Waals surface area contributed by atoms with Crippen molar-refractivity contribution in [3.8, 4) is 5.75 Å². The van der Waals surface area contributed by atoms with Crippen molar-refractivity contribution in [3.63, 3.8) is 0 Å². The number of aliphatic imine (C=N–C) groups is 1. The van der Waals surface area contributed by atoms with Crippen molar-refractivity contribution in [1.29, 1.82) is 0 Å². The number of hydrogen-bond donors (Lipinski definition) is 1. The highest BCUT2D eigenvalue weighted by Crippen LogP contribution is 2.20. The molecule has 3 nitrogen and oxygen atoms in total. The summed E-state index contributed by atoms with van der Waals surface area (Å²) in [6.45, 7) is 6.94. The van der Waals surface area contributed by atoms with E-state index in [0.29, 0.717) is 12.5 Å². The predicted molar refractivity (Wildman–Crippen MR) is 70.9 cm³/mol. The molecule has 0 aromatic heterocycles. The molecule has 0 fully saturated rings. The summed E-state index contributed by atoms with van der Waals surface area (Å²) >= 11 is 0. The van der Waals surface area contributed by atoms with Crippen LogP contribution in [0.2, 0.25) is 0 Å². The Morgan fingerprint density at radius 1 is 1.41 bits per heavy atom. The first-order chi connectivity index (χ1) is 8.25. The first-order valence-corrected chi connectivity index (χ1v) is 6.25. The SMILES string of the molecule is CC(C)c1cccc(OCCC2=NCCN2)c1. The summed E-state index contributed by atoms with van der Waals surface area (Å²) in [6, 6.07) is 8.32. The van der Waals surface area contributed by atoms with Gasteiger partial charge in [-0.05, 0) is 23.6 Å². The molecule has 0 aliphatic carbocycles. The van der Waals surface area contributed by atoms with E-state index in [0.717, 1.165) is 31.1 Å². The highest BCUT2D eigenvalue weighted by Gasteiger charge is 2.05. The second-order valence-electron chi connectivity index (χ2n) is 4.58. The Bertz CT molecular complexity index is 399. The molecule has 1 N–H and O–H groups in total. The number of ether oxygens (including phenoxy) is 1. The predicted octanol–water partition coefficient (Wildman–Crippen LogP) is 2.58. The highest BCUT2D eigenvalue weighted by atomic mass is 16.5. The Morgan fingerprint density at radius 2 is 2.29 bits per heavy atom. The van der Waals surface area contributed by atoms with Gasteiger partial charge in [-0.1, -0.05) is 26.0 Å². The molecule has 2 rings (SSSR count). The Labute approximate surface area is 103 Å². The Morgan fingerprint density at radius 3 is 3.00 bits per heavy atom. The standard InChI is InChI=1S/C14H20N2O/c1-11(2)12-4-3-5-13(10-12)17-9-6-14-15-7-8-16-14/h3-5,10-11H,6-9H2,1-2H3,(H,15,16). The van der Waals surface area contributed by atoms with Gasteiger partial charge in [0.15, 0.2) is 0 Å². The van der Waals surface area contributed by atoms with Gasteiger partial charge >= 0.3 is 0 Å². The summed E-state index contributed by atoms with van der Waals surface area (Å²) in [4.78, 5) is 4.34. The van der Waals surface area contributed by atoms with Crippen LogP contribution >= 0.6 is 0 Å². The molecule has 0 radical (unpaired) electrons. The van der Waals surface area contributed by atoms with Crippen molar-refractivity contribution in [3.05, 3.63) is 29.8 Å². The highest BCUT2D eigenvalue weighted by molar-refractivity contribution is 5.83. The fourth-order valence-electron chi connectivity index (χ4n) is 1.84. The van der Waals surface area contributed by atoms with Crippen molar-refractivity contribution in [1.82, 2.24) is 5.32 Å². The number of amidine groups is 1. The molecule has 1 aliphatic heterocycles. The number of benzene rings is 1. The summed E-state index contributed by atoms with van der Waals surface area (Å²) in [7, 11) is 0. The number of nitrogens with zero attached hydrogens (tertiary/aromatic N) is 1. The van der Waals surface area contributed by atoms with E-state index in [9.17, 15) is 0 Å². The van der Waals surface area contributed by atoms with E-state index in [2.05, 4.69) is 42.4 Å². The molecule has 0 amide bonds. The summed E-state index contributed by atoms with van der Waals surface area (Å²) < 4.78 is 5.74. The van der Waals surface area contributed by atoms with Gasteiger partial charge in [-0.15, -0.1) is 0 Å². The third kappa shape index (κ3) is 3.48. The lowest BCUT2D eigenvalue weighted by atomic mass is 10.0. The number of nitrogens with one attached hydrogen (secondary N) is 1. The van der Waals surface area contributed by atoms with Crippen LogP contribution in [0.25, 0.3) is 0 Å². The summed E-state index contributed by atoms with van der Waals surface area (Å²) in [5, 5.41) is 3.24. The molecule has 1 aromatic carbocycles. The molecule has 0 saturated heterocycles. The molecule has 1 heterocycles. The molecule has 1 aromatic rings. The smallest absolute Gasteiger partial charge is 0.119 e. The number of hydrogen-bond acceptors (Lipinski definition) is 3. The van der Waals surface area contributed by atoms with Crippen LogP contribution in [0.5, 0.6) is 5.75 Å². The molecule has 0 bridgehead atoms. The molecule has 0 spiro atoms. The van der Waals surface area contributed by atoms with Gasteiger partial charge in [-0.2, -0.15) is 0 Å². The summed E-state index contributed by atoms with van der Waals surface area (Å²) in [5.41, 5.74) is 1.32. The quantitative estimate of drug-likeness (QED) is 0.846. The van der Waals surface area contributed by atoms with Crippen molar-refractivity contribution in [2.45, 2.75) is 26.2 Å². The molecular weight excluding hydrogens is 212 g/mol. The van der Waals surface area contributed by atoms with Crippen LogP contribution in [0.15, 0.2) is 29.3 Å². The molecule has 17 heavy (non-hydrogen) atoms. The first kappa shape index (κ1) is 12.0. The van der Waals surface area contributed by atoms with E-state index in [1.165, 1.54) is 5.56 Å². The van der Waals surface area contributed by atoms with Gasteiger partial charge in [0.1, 0.15) is 5.75 Å². The topological polar surface area (TPSA) is 33.6 Å². The fraction of sp³-hybridized carbons (Fsp3) is 0.500. The average molecular weight is 232 g/mol. The van der Waals surface area contributed by atoms with E-state index in [-0.39, 0.29) is 0 Å². The van der Waals surface area contributed by atoms with Crippen LogP contribution in [0.4, 0.5) is 0 Å². The monoisotopic (exact) mass is 232 g/mol. The second-order valence-corrected chi connectivity index (χ2v) is 4.58. The Balaban J connectivity index is 1.83. The molecule has 1 aliphatic rings. The van der Waals surface area contributed by atoms with Crippen LogP contribution < -0.4 is 10.1 Å². The van der Waals surface area contributed by atoms with Gasteiger partial charge in [-0.25, -0.2) is 0 Å². The lowest BCUT2D eigenvalue weighted by Crippen LogP contribution is -2.20. The lowest BCUT2D eigenvalue weighted by molar-refractivity contribution is 0.328. The third-order valence-electron chi connectivity index (χ3n) is 2.88. The maximum atomic E-state index is 5.74. The third-order valence-corrected chi connectivity index (χ3v) is 2.88. The molecule has 0 saturated carbocycles. The van der Waals surface area contributed by atoms with Crippen LogP contribution in [0.1, 0.15) is 31.7 Å². The maximum Gasteiger partial charge on any atom is 0.119 e. The Hall–Kier alpha value is -1.51. The van der Waals surface area contributed by atoms with Crippen molar-refractivity contribution in [2.75, 3.05) is 19.7 Å². The lowest BCUT2D eigenvalue weighted by Gasteiger charge is -2.10. The van der Waals surface area contributed by atoms with Gasteiger partial charge in [0.25, 0.3) is 0 Å². The van der Waals surface area contributed by atoms with E-state index < -0.39 is 0 Å². The van der Waals surface area contributed by atoms with Gasteiger partial charge in [-0.3, -0.25) is 4.99 Å². The van der Waals surface area contributed by atoms with E-state index in [1.807, 2.05) is 6.07 Å².